The molecule has 1 aromatic rings. The maximum atomic E-state index is 12.0. The maximum Gasteiger partial charge on any atom is 0.345 e. The van der Waals surface area contributed by atoms with Gasteiger partial charge in [-0.25, -0.2) is 17.9 Å². The van der Waals surface area contributed by atoms with Gasteiger partial charge in [0.1, 0.15) is 9.09 Å². The van der Waals surface area contributed by atoms with Crippen molar-refractivity contribution < 1.29 is 18.3 Å². The topological polar surface area (TPSA) is 86.7 Å². The minimum absolute atomic E-state index is 0.00671. The molecule has 0 radical (unpaired) electrons. The van der Waals surface area contributed by atoms with Gasteiger partial charge in [0.2, 0.25) is 10.0 Å². The smallest absolute Gasteiger partial charge is 0.345 e. The standard InChI is InChI=1S/C11H18N2O4S2/c1-11(2,13(3)4)7-12-19(16,17)9-6-5-8(18-9)10(14)15/h5-6,12H,7H2,1-4H3,(H,14,15). The Kier molecular flexibility index (Phi) is 4.72. The number of nitrogens with zero attached hydrogens (tertiary/aromatic N) is 1. The number of hydrogen-bond acceptors (Lipinski definition) is 5. The first-order valence-electron chi connectivity index (χ1n) is 5.56. The van der Waals surface area contributed by atoms with Gasteiger partial charge in [0, 0.05) is 12.1 Å². The Balaban J connectivity index is 2.84. The molecule has 1 heterocycles. The van der Waals surface area contributed by atoms with E-state index >= 15 is 0 Å². The Bertz CT molecular complexity index is 561. The molecule has 1 aromatic heterocycles. The van der Waals surface area contributed by atoms with Crippen LogP contribution in [0.4, 0.5) is 0 Å². The molecule has 2 N–H and O–H groups in total. The average Bonchev–Trinajstić information content (AvgIpc) is 2.76. The molecule has 19 heavy (non-hydrogen) atoms. The van der Waals surface area contributed by atoms with Crippen molar-refractivity contribution in [2.75, 3.05) is 20.6 Å². The van der Waals surface area contributed by atoms with Crippen LogP contribution in [0.25, 0.3) is 0 Å². The second-order valence-corrected chi connectivity index (χ2v) is 8.03. The molecule has 0 fully saturated rings. The van der Waals surface area contributed by atoms with Gasteiger partial charge in [0.05, 0.1) is 0 Å². The van der Waals surface area contributed by atoms with Crippen molar-refractivity contribution in [2.24, 2.45) is 0 Å². The number of hydrogen-bond donors (Lipinski definition) is 2. The molecule has 0 bridgehead atoms. The number of carboxylic acids is 1. The van der Waals surface area contributed by atoms with E-state index in [0.717, 1.165) is 11.3 Å². The number of carbonyl (C=O) groups is 1. The van der Waals surface area contributed by atoms with Crippen molar-refractivity contribution in [1.29, 1.82) is 0 Å². The summed E-state index contributed by atoms with van der Waals surface area (Å²) in [5, 5.41) is 8.78. The quantitative estimate of drug-likeness (QED) is 0.821. The largest absolute Gasteiger partial charge is 0.477 e. The summed E-state index contributed by atoms with van der Waals surface area (Å²) in [7, 11) is 0.0650. The Hall–Kier alpha value is -0.960. The van der Waals surface area contributed by atoms with E-state index in [0.29, 0.717) is 0 Å². The van der Waals surface area contributed by atoms with Gasteiger partial charge in [-0.1, -0.05) is 0 Å². The van der Waals surface area contributed by atoms with Crippen molar-refractivity contribution in [3.8, 4) is 0 Å². The monoisotopic (exact) mass is 306 g/mol. The molecule has 0 aliphatic rings. The van der Waals surface area contributed by atoms with E-state index in [9.17, 15) is 13.2 Å². The highest BCUT2D eigenvalue weighted by Crippen LogP contribution is 2.22. The first-order chi connectivity index (χ1) is 8.56. The minimum atomic E-state index is -3.66. The lowest BCUT2D eigenvalue weighted by molar-refractivity contribution is 0.0702. The van der Waals surface area contributed by atoms with Crippen LogP contribution in [0.3, 0.4) is 0 Å². The fourth-order valence-electron chi connectivity index (χ4n) is 1.08. The number of aromatic carboxylic acids is 1. The van der Waals surface area contributed by atoms with E-state index in [1.54, 1.807) is 0 Å². The minimum Gasteiger partial charge on any atom is -0.477 e. The lowest BCUT2D eigenvalue weighted by atomic mass is 10.1. The Morgan fingerprint density at radius 2 is 2.00 bits per heavy atom. The van der Waals surface area contributed by atoms with E-state index in [1.807, 2.05) is 32.8 Å². The zero-order chi connectivity index (χ0) is 14.8. The summed E-state index contributed by atoms with van der Waals surface area (Å²) in [5.41, 5.74) is -0.333. The third-order valence-electron chi connectivity index (χ3n) is 2.96. The molecule has 0 atom stereocenters. The summed E-state index contributed by atoms with van der Waals surface area (Å²) in [6.07, 6.45) is 0. The van der Waals surface area contributed by atoms with Crippen LogP contribution in [0.2, 0.25) is 0 Å². The van der Waals surface area contributed by atoms with Gasteiger partial charge in [-0.3, -0.25) is 0 Å². The Labute approximate surface area is 117 Å². The second kappa shape index (κ2) is 5.58. The molecule has 1 rings (SSSR count). The summed E-state index contributed by atoms with van der Waals surface area (Å²) in [6, 6.07) is 2.60. The van der Waals surface area contributed by atoms with Gasteiger partial charge in [0.15, 0.2) is 0 Å². The highest BCUT2D eigenvalue weighted by atomic mass is 32.2. The van der Waals surface area contributed by atoms with E-state index < -0.39 is 16.0 Å². The van der Waals surface area contributed by atoms with Gasteiger partial charge in [-0.05, 0) is 40.1 Å². The predicted molar refractivity (Wildman–Crippen MR) is 74.2 cm³/mol. The Morgan fingerprint density at radius 1 is 1.42 bits per heavy atom. The van der Waals surface area contributed by atoms with Crippen LogP contribution in [-0.4, -0.2) is 50.6 Å². The third-order valence-corrected chi connectivity index (χ3v) is 5.93. The fourth-order valence-corrected chi connectivity index (χ4v) is 3.47. The molecular formula is C11H18N2O4S2. The van der Waals surface area contributed by atoms with Crippen LogP contribution in [0.15, 0.2) is 16.3 Å². The normalized spacial score (nSPS) is 12.9. The van der Waals surface area contributed by atoms with Crippen LogP contribution < -0.4 is 4.72 Å². The van der Waals surface area contributed by atoms with Gasteiger partial charge < -0.3 is 10.0 Å². The van der Waals surface area contributed by atoms with Gasteiger partial charge >= 0.3 is 5.97 Å². The molecule has 8 heteroatoms. The SMILES string of the molecule is CN(C)C(C)(C)CNS(=O)(=O)c1ccc(C(=O)O)s1. The molecule has 0 aliphatic carbocycles. The van der Waals surface area contributed by atoms with E-state index in [-0.39, 0.29) is 21.2 Å². The first-order valence-corrected chi connectivity index (χ1v) is 7.86. The molecule has 0 aliphatic heterocycles. The number of likely N-dealkylation sites (N-methyl/N-ethyl adjacent to an activating group) is 1. The first kappa shape index (κ1) is 16.1. The number of nitrogens with one attached hydrogen (secondary N) is 1. The summed E-state index contributed by atoms with van der Waals surface area (Å²) in [4.78, 5) is 12.7. The number of rotatable bonds is 6. The maximum absolute atomic E-state index is 12.0. The summed E-state index contributed by atoms with van der Waals surface area (Å²) >= 11 is 0.743. The lowest BCUT2D eigenvalue weighted by Gasteiger charge is -2.32. The zero-order valence-corrected chi connectivity index (χ0v) is 12.9. The van der Waals surface area contributed by atoms with Crippen molar-refractivity contribution in [2.45, 2.75) is 23.6 Å². The molecule has 6 nitrogen and oxygen atoms in total. The van der Waals surface area contributed by atoms with E-state index in [2.05, 4.69) is 4.72 Å². The molecule has 0 aromatic carbocycles. The van der Waals surface area contributed by atoms with Crippen LogP contribution in [-0.2, 0) is 10.0 Å². The van der Waals surface area contributed by atoms with Crippen molar-refractivity contribution >= 4 is 27.3 Å². The highest BCUT2D eigenvalue weighted by Gasteiger charge is 2.25. The molecule has 108 valence electrons. The van der Waals surface area contributed by atoms with Gasteiger partial charge in [-0.15, -0.1) is 11.3 Å². The number of sulfonamides is 1. The van der Waals surface area contributed by atoms with Crippen LogP contribution in [0.1, 0.15) is 23.5 Å². The predicted octanol–water partition coefficient (Wildman–Crippen LogP) is 1.06. The molecule has 0 amide bonds. The average molecular weight is 306 g/mol. The second-order valence-electron chi connectivity index (χ2n) is 4.96. The number of carboxylic acid groups (broad SMARTS) is 1. The van der Waals surface area contributed by atoms with Crippen LogP contribution >= 0.6 is 11.3 Å². The van der Waals surface area contributed by atoms with Crippen molar-refractivity contribution in [1.82, 2.24) is 9.62 Å². The lowest BCUT2D eigenvalue weighted by Crippen LogP contribution is -2.47. The van der Waals surface area contributed by atoms with Crippen molar-refractivity contribution in [3.63, 3.8) is 0 Å². The van der Waals surface area contributed by atoms with E-state index in [1.165, 1.54) is 12.1 Å². The number of thiophene rings is 1. The fraction of sp³-hybridized carbons (Fsp3) is 0.545. The molecule has 0 spiro atoms. The Morgan fingerprint density at radius 3 is 2.42 bits per heavy atom. The van der Waals surface area contributed by atoms with Crippen molar-refractivity contribution in [3.05, 3.63) is 17.0 Å². The third kappa shape index (κ3) is 4.00. The zero-order valence-electron chi connectivity index (χ0n) is 11.3. The highest BCUT2D eigenvalue weighted by molar-refractivity contribution is 7.91. The molecular weight excluding hydrogens is 288 g/mol. The van der Waals surface area contributed by atoms with Gasteiger partial charge in [-0.2, -0.15) is 0 Å². The summed E-state index contributed by atoms with van der Waals surface area (Å²) in [5.74, 6) is -1.12. The summed E-state index contributed by atoms with van der Waals surface area (Å²) in [6.45, 7) is 4.06. The van der Waals surface area contributed by atoms with Crippen LogP contribution in [0.5, 0.6) is 0 Å². The summed E-state index contributed by atoms with van der Waals surface area (Å²) < 4.78 is 26.6. The molecule has 0 saturated heterocycles. The van der Waals surface area contributed by atoms with E-state index in [4.69, 9.17) is 5.11 Å². The van der Waals surface area contributed by atoms with Crippen LogP contribution in [0, 0.1) is 0 Å². The van der Waals surface area contributed by atoms with Gasteiger partial charge in [0.25, 0.3) is 0 Å². The molecule has 0 unspecified atom stereocenters. The molecule has 0 saturated carbocycles.